The molecule has 0 fully saturated rings. The summed E-state index contributed by atoms with van der Waals surface area (Å²) >= 11 is 1.75. The number of hydrogen-bond donors (Lipinski definition) is 1. The van der Waals surface area contributed by atoms with E-state index >= 15 is 0 Å². The molecule has 2 aromatic rings. The Bertz CT molecular complexity index is 623. The Balaban J connectivity index is 1.98. The lowest BCUT2D eigenvalue weighted by atomic mass is 9.94. The van der Waals surface area contributed by atoms with Gasteiger partial charge in [-0.1, -0.05) is 6.07 Å². The molecule has 0 radical (unpaired) electrons. The molecule has 4 heteroatoms. The van der Waals surface area contributed by atoms with E-state index in [0.29, 0.717) is 5.75 Å². The van der Waals surface area contributed by atoms with E-state index in [2.05, 4.69) is 19.9 Å². The van der Waals surface area contributed by atoms with Crippen molar-refractivity contribution in [3.05, 3.63) is 51.0 Å². The maximum atomic E-state index is 13.3. The first-order valence-electron chi connectivity index (χ1n) is 6.33. The molecule has 2 N–H and O–H groups in total. The second kappa shape index (κ2) is 4.62. The highest BCUT2D eigenvalue weighted by Crippen LogP contribution is 2.42. The van der Waals surface area contributed by atoms with Gasteiger partial charge in [0.1, 0.15) is 17.7 Å². The molecule has 2 atom stereocenters. The maximum absolute atomic E-state index is 13.3. The van der Waals surface area contributed by atoms with Crippen LogP contribution >= 0.6 is 11.3 Å². The zero-order chi connectivity index (χ0) is 13.6. The molecule has 0 bridgehead atoms. The van der Waals surface area contributed by atoms with E-state index in [0.717, 1.165) is 12.0 Å². The quantitative estimate of drug-likeness (QED) is 0.854. The highest BCUT2D eigenvalue weighted by atomic mass is 32.1. The standard InChI is InChI=1S/C15H16FNOS/c1-8-5-12(9(2)19-8)15-7-13(17)11-4-3-10(16)6-14(11)18-15/h3-6,13,15H,7,17H2,1-2H3. The summed E-state index contributed by atoms with van der Waals surface area (Å²) in [5, 5.41) is 0. The van der Waals surface area contributed by atoms with Crippen LogP contribution in [0.2, 0.25) is 0 Å². The van der Waals surface area contributed by atoms with Crippen molar-refractivity contribution in [2.45, 2.75) is 32.4 Å². The van der Waals surface area contributed by atoms with E-state index in [4.69, 9.17) is 10.5 Å². The van der Waals surface area contributed by atoms with Crippen LogP contribution in [0.4, 0.5) is 4.39 Å². The molecule has 0 saturated carbocycles. The topological polar surface area (TPSA) is 35.2 Å². The van der Waals surface area contributed by atoms with Crippen molar-refractivity contribution in [2.75, 3.05) is 0 Å². The van der Waals surface area contributed by atoms with Gasteiger partial charge >= 0.3 is 0 Å². The summed E-state index contributed by atoms with van der Waals surface area (Å²) in [6.07, 6.45) is 0.657. The van der Waals surface area contributed by atoms with Crippen LogP contribution in [0.1, 0.15) is 39.4 Å². The number of halogens is 1. The molecule has 1 aromatic heterocycles. The van der Waals surface area contributed by atoms with Gasteiger partial charge in [0.2, 0.25) is 0 Å². The molecular weight excluding hydrogens is 261 g/mol. The van der Waals surface area contributed by atoms with Crippen LogP contribution in [0.5, 0.6) is 5.75 Å². The van der Waals surface area contributed by atoms with Gasteiger partial charge in [-0.15, -0.1) is 11.3 Å². The maximum Gasteiger partial charge on any atom is 0.127 e. The molecule has 0 amide bonds. The lowest BCUT2D eigenvalue weighted by Gasteiger charge is -2.30. The number of benzene rings is 1. The van der Waals surface area contributed by atoms with E-state index in [-0.39, 0.29) is 18.0 Å². The second-order valence-electron chi connectivity index (χ2n) is 5.00. The predicted octanol–water partition coefficient (Wildman–Crippen LogP) is 4.03. The number of hydrogen-bond acceptors (Lipinski definition) is 3. The normalized spacial score (nSPS) is 21.9. The minimum absolute atomic E-state index is 0.0748. The van der Waals surface area contributed by atoms with Crippen LogP contribution in [-0.2, 0) is 0 Å². The Morgan fingerprint density at radius 1 is 1.26 bits per heavy atom. The monoisotopic (exact) mass is 277 g/mol. The van der Waals surface area contributed by atoms with Gasteiger partial charge in [0.15, 0.2) is 0 Å². The summed E-state index contributed by atoms with van der Waals surface area (Å²) in [6, 6.07) is 6.62. The Hall–Kier alpha value is -1.39. The Morgan fingerprint density at radius 2 is 2.05 bits per heavy atom. The average Bonchev–Trinajstić information content (AvgIpc) is 2.67. The lowest BCUT2D eigenvalue weighted by Crippen LogP contribution is -2.24. The van der Waals surface area contributed by atoms with Crippen molar-refractivity contribution in [3.8, 4) is 5.75 Å². The van der Waals surface area contributed by atoms with Gasteiger partial charge in [0.05, 0.1) is 0 Å². The molecule has 1 aromatic carbocycles. The lowest BCUT2D eigenvalue weighted by molar-refractivity contribution is 0.160. The van der Waals surface area contributed by atoms with E-state index in [1.165, 1.54) is 27.5 Å². The van der Waals surface area contributed by atoms with Crippen molar-refractivity contribution >= 4 is 11.3 Å². The molecule has 0 aliphatic carbocycles. The number of rotatable bonds is 1. The van der Waals surface area contributed by atoms with Crippen LogP contribution in [0.3, 0.4) is 0 Å². The van der Waals surface area contributed by atoms with Crippen LogP contribution in [-0.4, -0.2) is 0 Å². The Kier molecular flexibility index (Phi) is 3.07. The average molecular weight is 277 g/mol. The van der Waals surface area contributed by atoms with E-state index in [1.54, 1.807) is 17.4 Å². The van der Waals surface area contributed by atoms with Crippen LogP contribution in [0, 0.1) is 19.7 Å². The van der Waals surface area contributed by atoms with E-state index in [1.807, 2.05) is 0 Å². The number of nitrogens with two attached hydrogens (primary N) is 1. The van der Waals surface area contributed by atoms with Gasteiger partial charge in [-0.2, -0.15) is 0 Å². The molecule has 2 nitrogen and oxygen atoms in total. The smallest absolute Gasteiger partial charge is 0.127 e. The molecule has 0 spiro atoms. The van der Waals surface area contributed by atoms with E-state index in [9.17, 15) is 4.39 Å². The predicted molar refractivity (Wildman–Crippen MR) is 75.1 cm³/mol. The number of aryl methyl sites for hydroxylation is 2. The highest BCUT2D eigenvalue weighted by Gasteiger charge is 2.28. The SMILES string of the molecule is Cc1cc(C2CC(N)c3ccc(F)cc3O2)c(C)s1. The molecule has 2 unspecified atom stereocenters. The minimum Gasteiger partial charge on any atom is -0.485 e. The number of thiophene rings is 1. The fourth-order valence-electron chi connectivity index (χ4n) is 2.64. The van der Waals surface area contributed by atoms with Crippen molar-refractivity contribution in [3.63, 3.8) is 0 Å². The summed E-state index contributed by atoms with van der Waals surface area (Å²) in [4.78, 5) is 2.50. The summed E-state index contributed by atoms with van der Waals surface area (Å²) in [6.45, 7) is 4.17. The van der Waals surface area contributed by atoms with Gasteiger partial charge < -0.3 is 10.5 Å². The third-order valence-corrected chi connectivity index (χ3v) is 4.52. The fourth-order valence-corrected chi connectivity index (χ4v) is 3.61. The summed E-state index contributed by atoms with van der Waals surface area (Å²) in [5.41, 5.74) is 8.25. The van der Waals surface area contributed by atoms with E-state index < -0.39 is 0 Å². The molecule has 0 saturated heterocycles. The van der Waals surface area contributed by atoms with Gasteiger partial charge in [-0.05, 0) is 26.0 Å². The third-order valence-electron chi connectivity index (χ3n) is 3.54. The van der Waals surface area contributed by atoms with Gasteiger partial charge in [0, 0.05) is 39.4 Å². The summed E-state index contributed by atoms with van der Waals surface area (Å²) in [7, 11) is 0. The van der Waals surface area contributed by atoms with Crippen LogP contribution in [0.15, 0.2) is 24.3 Å². The number of fused-ring (bicyclic) bond motifs is 1. The molecule has 2 heterocycles. The summed E-state index contributed by atoms with van der Waals surface area (Å²) < 4.78 is 19.3. The second-order valence-corrected chi connectivity index (χ2v) is 6.46. The zero-order valence-corrected chi connectivity index (χ0v) is 11.8. The van der Waals surface area contributed by atoms with Crippen molar-refractivity contribution in [1.29, 1.82) is 0 Å². The van der Waals surface area contributed by atoms with Gasteiger partial charge in [-0.3, -0.25) is 0 Å². The number of ether oxygens (including phenoxy) is 1. The fraction of sp³-hybridized carbons (Fsp3) is 0.333. The van der Waals surface area contributed by atoms with Crippen LogP contribution < -0.4 is 10.5 Å². The van der Waals surface area contributed by atoms with Crippen molar-refractivity contribution in [2.24, 2.45) is 5.73 Å². The van der Waals surface area contributed by atoms with Gasteiger partial charge in [0.25, 0.3) is 0 Å². The zero-order valence-electron chi connectivity index (χ0n) is 10.9. The highest BCUT2D eigenvalue weighted by molar-refractivity contribution is 7.12. The molecule has 1 aliphatic rings. The molecular formula is C15H16FNOS. The first-order chi connectivity index (χ1) is 9.04. The molecule has 100 valence electrons. The minimum atomic E-state index is -0.287. The Morgan fingerprint density at radius 3 is 2.74 bits per heavy atom. The van der Waals surface area contributed by atoms with Crippen molar-refractivity contribution < 1.29 is 9.13 Å². The van der Waals surface area contributed by atoms with Crippen LogP contribution in [0.25, 0.3) is 0 Å². The van der Waals surface area contributed by atoms with Crippen molar-refractivity contribution in [1.82, 2.24) is 0 Å². The first kappa shape index (κ1) is 12.6. The van der Waals surface area contributed by atoms with Gasteiger partial charge in [-0.25, -0.2) is 4.39 Å². The first-order valence-corrected chi connectivity index (χ1v) is 7.15. The summed E-state index contributed by atoms with van der Waals surface area (Å²) in [5.74, 6) is 0.289. The molecule has 3 rings (SSSR count). The largest absolute Gasteiger partial charge is 0.485 e. The molecule has 1 aliphatic heterocycles. The molecule has 19 heavy (non-hydrogen) atoms. The Labute approximate surface area is 116 Å². The third kappa shape index (κ3) is 2.26.